The second-order valence-corrected chi connectivity index (χ2v) is 5.56. The zero-order valence-electron chi connectivity index (χ0n) is 11.2. The molecule has 0 atom stereocenters. The average molecular weight is 254 g/mol. The lowest BCUT2D eigenvalue weighted by molar-refractivity contribution is -0.134. The topological polar surface area (TPSA) is 49.9 Å². The van der Waals surface area contributed by atoms with Crippen molar-refractivity contribution >= 4 is 12.0 Å². The fraction of sp³-hybridized carbons (Fsp3) is 0.846. The van der Waals surface area contributed by atoms with Crippen LogP contribution < -0.4 is 0 Å². The van der Waals surface area contributed by atoms with Crippen molar-refractivity contribution in [2.75, 3.05) is 32.8 Å². The molecule has 0 aromatic carbocycles. The van der Waals surface area contributed by atoms with Gasteiger partial charge in [0.05, 0.1) is 6.61 Å². The number of hydrogen-bond acceptors (Lipinski definition) is 3. The zero-order valence-corrected chi connectivity index (χ0v) is 11.2. The van der Waals surface area contributed by atoms with Crippen molar-refractivity contribution in [3.63, 3.8) is 0 Å². The molecule has 0 aromatic rings. The Morgan fingerprint density at radius 3 is 2.17 bits per heavy atom. The van der Waals surface area contributed by atoms with Gasteiger partial charge in [0.1, 0.15) is 0 Å². The third-order valence-electron chi connectivity index (χ3n) is 3.32. The molecule has 1 saturated carbocycles. The Balaban J connectivity index is 1.72. The maximum Gasteiger partial charge on any atom is 0.409 e. The first-order valence-electron chi connectivity index (χ1n) is 6.78. The van der Waals surface area contributed by atoms with Crippen LogP contribution in [0.25, 0.3) is 0 Å². The van der Waals surface area contributed by atoms with Crippen molar-refractivity contribution in [3.8, 4) is 0 Å². The van der Waals surface area contributed by atoms with Gasteiger partial charge in [0.15, 0.2) is 0 Å². The molecule has 0 spiro atoms. The molecular formula is C13H22N2O3. The molecule has 2 rings (SSSR count). The number of amides is 2. The standard InChI is InChI=1S/C13H22N2O3/c1-10(2)9-18-13(17)15-7-5-14(6-8-15)12(16)11-3-4-11/h10-11H,3-9H2,1-2H3. The normalized spacial score (nSPS) is 20.2. The fourth-order valence-electron chi connectivity index (χ4n) is 2.03. The molecule has 2 fully saturated rings. The van der Waals surface area contributed by atoms with Crippen LogP contribution in [-0.2, 0) is 9.53 Å². The Hall–Kier alpha value is -1.26. The van der Waals surface area contributed by atoms with Crippen LogP contribution in [0, 0.1) is 11.8 Å². The largest absolute Gasteiger partial charge is 0.449 e. The van der Waals surface area contributed by atoms with Crippen LogP contribution in [0.15, 0.2) is 0 Å². The minimum Gasteiger partial charge on any atom is -0.449 e. The molecule has 0 radical (unpaired) electrons. The van der Waals surface area contributed by atoms with Crippen LogP contribution >= 0.6 is 0 Å². The molecule has 2 amide bonds. The van der Waals surface area contributed by atoms with Gasteiger partial charge < -0.3 is 14.5 Å². The lowest BCUT2D eigenvalue weighted by Crippen LogP contribution is -2.51. The number of ether oxygens (including phenoxy) is 1. The third-order valence-corrected chi connectivity index (χ3v) is 3.32. The Labute approximate surface area is 108 Å². The first kappa shape index (κ1) is 13.2. The SMILES string of the molecule is CC(C)COC(=O)N1CCN(C(=O)C2CC2)CC1. The van der Waals surface area contributed by atoms with E-state index in [4.69, 9.17) is 4.74 Å². The Kier molecular flexibility index (Phi) is 4.09. The molecule has 1 aliphatic carbocycles. The predicted molar refractivity (Wildman–Crippen MR) is 67.1 cm³/mol. The molecule has 0 unspecified atom stereocenters. The van der Waals surface area contributed by atoms with Gasteiger partial charge in [0, 0.05) is 32.1 Å². The molecule has 1 saturated heterocycles. The lowest BCUT2D eigenvalue weighted by Gasteiger charge is -2.34. The summed E-state index contributed by atoms with van der Waals surface area (Å²) in [5.74, 6) is 0.890. The fourth-order valence-corrected chi connectivity index (χ4v) is 2.03. The Morgan fingerprint density at radius 1 is 1.11 bits per heavy atom. The van der Waals surface area contributed by atoms with Crippen molar-refractivity contribution in [1.29, 1.82) is 0 Å². The van der Waals surface area contributed by atoms with Crippen LogP contribution in [0.5, 0.6) is 0 Å². The van der Waals surface area contributed by atoms with Gasteiger partial charge in [0.25, 0.3) is 0 Å². The van der Waals surface area contributed by atoms with Crippen LogP contribution in [0.4, 0.5) is 4.79 Å². The number of hydrogen-bond donors (Lipinski definition) is 0. The van der Waals surface area contributed by atoms with E-state index in [1.807, 2.05) is 18.7 Å². The molecule has 18 heavy (non-hydrogen) atoms. The van der Waals surface area contributed by atoms with Gasteiger partial charge in [-0.3, -0.25) is 4.79 Å². The molecular weight excluding hydrogens is 232 g/mol. The highest BCUT2D eigenvalue weighted by Crippen LogP contribution is 2.31. The van der Waals surface area contributed by atoms with Crippen molar-refractivity contribution in [2.45, 2.75) is 26.7 Å². The summed E-state index contributed by atoms with van der Waals surface area (Å²) < 4.78 is 5.18. The molecule has 0 N–H and O–H groups in total. The predicted octanol–water partition coefficient (Wildman–Crippen LogP) is 1.33. The second-order valence-electron chi connectivity index (χ2n) is 5.56. The van der Waals surface area contributed by atoms with Crippen molar-refractivity contribution < 1.29 is 14.3 Å². The smallest absolute Gasteiger partial charge is 0.409 e. The summed E-state index contributed by atoms with van der Waals surface area (Å²) in [5.41, 5.74) is 0. The van der Waals surface area contributed by atoms with E-state index in [0.29, 0.717) is 38.7 Å². The summed E-state index contributed by atoms with van der Waals surface area (Å²) in [6, 6.07) is 0. The van der Waals surface area contributed by atoms with Gasteiger partial charge in [0.2, 0.25) is 5.91 Å². The van der Waals surface area contributed by atoms with E-state index in [-0.39, 0.29) is 17.9 Å². The maximum absolute atomic E-state index is 11.8. The highest BCUT2D eigenvalue weighted by molar-refractivity contribution is 5.81. The van der Waals surface area contributed by atoms with Crippen LogP contribution in [0.1, 0.15) is 26.7 Å². The highest BCUT2D eigenvalue weighted by atomic mass is 16.6. The first-order chi connectivity index (χ1) is 8.58. The number of piperazine rings is 1. The zero-order chi connectivity index (χ0) is 13.1. The van der Waals surface area contributed by atoms with Gasteiger partial charge in [-0.05, 0) is 18.8 Å². The number of nitrogens with zero attached hydrogens (tertiary/aromatic N) is 2. The summed E-state index contributed by atoms with van der Waals surface area (Å²) in [6.45, 7) is 6.96. The van der Waals surface area contributed by atoms with Gasteiger partial charge in [-0.25, -0.2) is 4.79 Å². The van der Waals surface area contributed by atoms with Gasteiger partial charge in [-0.1, -0.05) is 13.8 Å². The number of rotatable bonds is 3. The first-order valence-corrected chi connectivity index (χ1v) is 6.78. The minimum atomic E-state index is -0.248. The van der Waals surface area contributed by atoms with Gasteiger partial charge >= 0.3 is 6.09 Å². The molecule has 5 heteroatoms. The molecule has 0 bridgehead atoms. The summed E-state index contributed by atoms with van der Waals surface area (Å²) in [6.07, 6.45) is 1.83. The minimum absolute atomic E-state index is 0.248. The third kappa shape index (κ3) is 3.37. The van der Waals surface area contributed by atoms with Gasteiger partial charge in [-0.15, -0.1) is 0 Å². The molecule has 102 valence electrons. The van der Waals surface area contributed by atoms with E-state index >= 15 is 0 Å². The van der Waals surface area contributed by atoms with Crippen LogP contribution in [0.2, 0.25) is 0 Å². The van der Waals surface area contributed by atoms with E-state index in [2.05, 4.69) is 0 Å². The van der Waals surface area contributed by atoms with E-state index in [0.717, 1.165) is 12.8 Å². The molecule has 1 heterocycles. The van der Waals surface area contributed by atoms with Crippen molar-refractivity contribution in [1.82, 2.24) is 9.80 Å². The van der Waals surface area contributed by atoms with Gasteiger partial charge in [-0.2, -0.15) is 0 Å². The summed E-state index contributed by atoms with van der Waals surface area (Å²) in [5, 5.41) is 0. The van der Waals surface area contributed by atoms with Crippen LogP contribution in [-0.4, -0.2) is 54.6 Å². The highest BCUT2D eigenvalue weighted by Gasteiger charge is 2.35. The summed E-state index contributed by atoms with van der Waals surface area (Å²) in [4.78, 5) is 27.1. The molecule has 5 nitrogen and oxygen atoms in total. The van der Waals surface area contributed by atoms with E-state index in [1.165, 1.54) is 0 Å². The van der Waals surface area contributed by atoms with E-state index < -0.39 is 0 Å². The molecule has 1 aliphatic heterocycles. The van der Waals surface area contributed by atoms with Crippen LogP contribution in [0.3, 0.4) is 0 Å². The monoisotopic (exact) mass is 254 g/mol. The average Bonchev–Trinajstić information content (AvgIpc) is 3.19. The second kappa shape index (κ2) is 5.59. The Bertz CT molecular complexity index is 318. The van der Waals surface area contributed by atoms with Crippen molar-refractivity contribution in [3.05, 3.63) is 0 Å². The number of carbonyl (C=O) groups is 2. The van der Waals surface area contributed by atoms with E-state index in [9.17, 15) is 9.59 Å². The number of carbonyl (C=O) groups excluding carboxylic acids is 2. The summed E-state index contributed by atoms with van der Waals surface area (Å²) >= 11 is 0. The quantitative estimate of drug-likeness (QED) is 0.763. The lowest BCUT2D eigenvalue weighted by atomic mass is 10.2. The summed E-state index contributed by atoms with van der Waals surface area (Å²) in [7, 11) is 0. The Morgan fingerprint density at radius 2 is 1.67 bits per heavy atom. The van der Waals surface area contributed by atoms with Crippen molar-refractivity contribution in [2.24, 2.45) is 11.8 Å². The molecule has 0 aromatic heterocycles. The van der Waals surface area contributed by atoms with E-state index in [1.54, 1.807) is 4.90 Å². The maximum atomic E-state index is 11.8. The molecule has 2 aliphatic rings.